The van der Waals surface area contributed by atoms with Crippen LogP contribution in [-0.4, -0.2) is 27.2 Å². The van der Waals surface area contributed by atoms with E-state index in [2.05, 4.69) is 15.4 Å². The predicted molar refractivity (Wildman–Crippen MR) is 126 cm³/mol. The van der Waals surface area contributed by atoms with Crippen molar-refractivity contribution in [3.05, 3.63) is 79.5 Å². The van der Waals surface area contributed by atoms with Gasteiger partial charge in [-0.05, 0) is 42.6 Å². The van der Waals surface area contributed by atoms with E-state index in [4.69, 9.17) is 23.2 Å². The molecule has 4 rings (SSSR count). The van der Waals surface area contributed by atoms with Crippen molar-refractivity contribution in [2.75, 3.05) is 6.54 Å². The van der Waals surface area contributed by atoms with Crippen molar-refractivity contribution in [1.82, 2.24) is 20.1 Å². The Hall–Kier alpha value is -2.52. The van der Waals surface area contributed by atoms with E-state index in [1.807, 2.05) is 24.4 Å². The molecule has 31 heavy (non-hydrogen) atoms. The molecular weight excluding hydrogens is 475 g/mol. The van der Waals surface area contributed by atoms with Crippen LogP contribution in [0.2, 0.25) is 10.0 Å². The number of thiophene rings is 1. The van der Waals surface area contributed by atoms with Crippen LogP contribution in [0.4, 0.5) is 0 Å². The van der Waals surface area contributed by atoms with Gasteiger partial charge in [0.05, 0.1) is 32.6 Å². The number of aromatic nitrogens is 3. The van der Waals surface area contributed by atoms with Gasteiger partial charge in [-0.3, -0.25) is 9.59 Å². The second-order valence-corrected chi connectivity index (χ2v) is 9.36. The summed E-state index contributed by atoms with van der Waals surface area (Å²) in [6.45, 7) is 2.37. The minimum atomic E-state index is -0.343. The molecule has 1 N–H and O–H groups in total. The van der Waals surface area contributed by atoms with Crippen LogP contribution in [0.1, 0.15) is 16.1 Å². The number of carbonyl (C=O) groups excluding carboxylic acids is 1. The van der Waals surface area contributed by atoms with Crippen molar-refractivity contribution < 1.29 is 4.79 Å². The number of nitrogens with zero attached hydrogens (tertiary/aromatic N) is 3. The van der Waals surface area contributed by atoms with E-state index >= 15 is 0 Å². The monoisotopic (exact) mass is 490 g/mol. The lowest BCUT2D eigenvalue weighted by Gasteiger charge is -2.09. The molecule has 3 aromatic heterocycles. The fraction of sp³-hybridized carbons (Fsp3) is 0.143. The van der Waals surface area contributed by atoms with Crippen LogP contribution in [0.5, 0.6) is 0 Å². The van der Waals surface area contributed by atoms with Gasteiger partial charge < -0.3 is 5.32 Å². The minimum Gasteiger partial charge on any atom is -0.350 e. The molecule has 1 amide bonds. The summed E-state index contributed by atoms with van der Waals surface area (Å²) in [4.78, 5) is 31.2. The van der Waals surface area contributed by atoms with E-state index in [1.54, 1.807) is 29.5 Å². The number of aryl methyl sites for hydroxylation is 1. The maximum Gasteiger partial charge on any atom is 0.266 e. The lowest BCUT2D eigenvalue weighted by atomic mass is 10.2. The van der Waals surface area contributed by atoms with Crippen molar-refractivity contribution in [3.8, 4) is 20.5 Å². The molecule has 0 spiro atoms. The second kappa shape index (κ2) is 9.32. The van der Waals surface area contributed by atoms with Crippen LogP contribution in [0, 0.1) is 6.92 Å². The number of hydrogen-bond donors (Lipinski definition) is 1. The van der Waals surface area contributed by atoms with E-state index in [9.17, 15) is 9.59 Å². The standard InChI is InChI=1S/C21H16Cl2N4O2S2/c1-12-19(31-21(25-12)17-3-2-10-30-17)16-6-7-18(28)27(26-16)9-8-24-20(29)14-5-4-13(22)11-15(14)23/h2-7,10-11H,8-9H2,1H3,(H,24,29). The van der Waals surface area contributed by atoms with Gasteiger partial charge >= 0.3 is 0 Å². The van der Waals surface area contributed by atoms with Gasteiger partial charge in [0.25, 0.3) is 11.5 Å². The molecule has 0 saturated carbocycles. The summed E-state index contributed by atoms with van der Waals surface area (Å²) in [5.74, 6) is -0.343. The van der Waals surface area contributed by atoms with Gasteiger partial charge in [-0.2, -0.15) is 5.10 Å². The third-order valence-electron chi connectivity index (χ3n) is 4.41. The molecule has 0 saturated heterocycles. The fourth-order valence-electron chi connectivity index (χ4n) is 2.91. The van der Waals surface area contributed by atoms with Crippen LogP contribution in [0.3, 0.4) is 0 Å². The van der Waals surface area contributed by atoms with Gasteiger partial charge in [-0.25, -0.2) is 9.67 Å². The molecule has 10 heteroatoms. The molecule has 0 fully saturated rings. The summed E-state index contributed by atoms with van der Waals surface area (Å²) in [6.07, 6.45) is 0. The van der Waals surface area contributed by atoms with E-state index in [0.29, 0.717) is 16.3 Å². The van der Waals surface area contributed by atoms with E-state index in [-0.39, 0.29) is 29.6 Å². The number of amides is 1. The predicted octanol–water partition coefficient (Wildman–Crippen LogP) is 5.14. The van der Waals surface area contributed by atoms with Crippen LogP contribution in [0.15, 0.2) is 52.6 Å². The highest BCUT2D eigenvalue weighted by Crippen LogP contribution is 2.35. The maximum absolute atomic E-state index is 12.3. The van der Waals surface area contributed by atoms with Crippen molar-refractivity contribution in [2.24, 2.45) is 0 Å². The molecule has 0 unspecified atom stereocenters. The van der Waals surface area contributed by atoms with Crippen LogP contribution < -0.4 is 10.9 Å². The number of hydrogen-bond acceptors (Lipinski definition) is 6. The maximum atomic E-state index is 12.3. The third-order valence-corrected chi connectivity index (χ3v) is 7.18. The first-order chi connectivity index (χ1) is 14.9. The van der Waals surface area contributed by atoms with E-state index < -0.39 is 0 Å². The third kappa shape index (κ3) is 4.88. The van der Waals surface area contributed by atoms with Gasteiger partial charge in [0.15, 0.2) is 0 Å². The average Bonchev–Trinajstić information content (AvgIpc) is 3.39. The number of rotatable bonds is 6. The smallest absolute Gasteiger partial charge is 0.266 e. The van der Waals surface area contributed by atoms with Crippen LogP contribution in [-0.2, 0) is 6.54 Å². The van der Waals surface area contributed by atoms with Crippen molar-refractivity contribution >= 4 is 51.8 Å². The molecule has 0 aliphatic carbocycles. The highest BCUT2D eigenvalue weighted by atomic mass is 35.5. The van der Waals surface area contributed by atoms with E-state index in [1.165, 1.54) is 28.2 Å². The summed E-state index contributed by atoms with van der Waals surface area (Å²) in [7, 11) is 0. The zero-order valence-electron chi connectivity index (χ0n) is 16.3. The number of benzene rings is 1. The Balaban J connectivity index is 1.49. The molecule has 3 heterocycles. The van der Waals surface area contributed by atoms with Gasteiger partial charge in [0.2, 0.25) is 0 Å². The molecule has 0 aliphatic rings. The zero-order chi connectivity index (χ0) is 22.0. The first-order valence-corrected chi connectivity index (χ1v) is 11.7. The topological polar surface area (TPSA) is 76.9 Å². The first kappa shape index (κ1) is 21.7. The Labute approximate surface area is 196 Å². The molecule has 6 nitrogen and oxygen atoms in total. The molecule has 0 radical (unpaired) electrons. The SMILES string of the molecule is Cc1nc(-c2cccs2)sc1-c1ccc(=O)n(CCNC(=O)c2ccc(Cl)cc2Cl)n1. The molecule has 158 valence electrons. The summed E-state index contributed by atoms with van der Waals surface area (Å²) in [5, 5.41) is 10.9. The molecule has 0 bridgehead atoms. The van der Waals surface area contributed by atoms with Crippen LogP contribution >= 0.6 is 45.9 Å². The van der Waals surface area contributed by atoms with Crippen molar-refractivity contribution in [2.45, 2.75) is 13.5 Å². The second-order valence-electron chi connectivity index (χ2n) is 6.57. The molecule has 0 atom stereocenters. The Morgan fingerprint density at radius 2 is 2.03 bits per heavy atom. The van der Waals surface area contributed by atoms with Crippen molar-refractivity contribution in [1.29, 1.82) is 0 Å². The summed E-state index contributed by atoms with van der Waals surface area (Å²) >= 11 is 15.1. The molecule has 0 aliphatic heterocycles. The highest BCUT2D eigenvalue weighted by Gasteiger charge is 2.15. The number of halogens is 2. The summed E-state index contributed by atoms with van der Waals surface area (Å²) in [5.41, 5.74) is 1.60. The average molecular weight is 491 g/mol. The summed E-state index contributed by atoms with van der Waals surface area (Å²) < 4.78 is 1.34. The molecule has 1 aromatic carbocycles. The largest absolute Gasteiger partial charge is 0.350 e. The van der Waals surface area contributed by atoms with Gasteiger partial charge in [0.1, 0.15) is 10.7 Å². The molecule has 4 aromatic rings. The Bertz CT molecular complexity index is 1300. The Morgan fingerprint density at radius 3 is 2.77 bits per heavy atom. The lowest BCUT2D eigenvalue weighted by Crippen LogP contribution is -2.32. The number of nitrogens with one attached hydrogen (secondary N) is 1. The fourth-order valence-corrected chi connectivity index (χ4v) is 5.24. The van der Waals surface area contributed by atoms with Gasteiger partial charge in [0, 0.05) is 17.6 Å². The number of carbonyl (C=O) groups is 1. The van der Waals surface area contributed by atoms with Crippen LogP contribution in [0.25, 0.3) is 20.5 Å². The minimum absolute atomic E-state index is 0.219. The molecular formula is C21H16Cl2N4O2S2. The van der Waals surface area contributed by atoms with Gasteiger partial charge in [-0.1, -0.05) is 29.3 Å². The Morgan fingerprint density at radius 1 is 1.19 bits per heavy atom. The normalized spacial score (nSPS) is 10.9. The van der Waals surface area contributed by atoms with Crippen molar-refractivity contribution in [3.63, 3.8) is 0 Å². The zero-order valence-corrected chi connectivity index (χ0v) is 19.4. The quantitative estimate of drug-likeness (QED) is 0.405. The van der Waals surface area contributed by atoms with E-state index in [0.717, 1.165) is 20.5 Å². The summed E-state index contributed by atoms with van der Waals surface area (Å²) in [6, 6.07) is 11.8. The lowest BCUT2D eigenvalue weighted by molar-refractivity contribution is 0.0952. The van der Waals surface area contributed by atoms with Gasteiger partial charge in [-0.15, -0.1) is 22.7 Å². The number of thiazole rings is 1. The highest BCUT2D eigenvalue weighted by molar-refractivity contribution is 7.23. The first-order valence-electron chi connectivity index (χ1n) is 9.25. The Kier molecular flexibility index (Phi) is 6.52.